The number of aryl methyl sites for hydroxylation is 1. The smallest absolute Gasteiger partial charge is 0.136 e. The molecule has 0 aliphatic heterocycles. The summed E-state index contributed by atoms with van der Waals surface area (Å²) >= 11 is 0. The molecule has 1 aliphatic carbocycles. The normalized spacial score (nSPS) is 30.4. The molecule has 3 atom stereocenters. The van der Waals surface area contributed by atoms with Crippen LogP contribution >= 0.6 is 0 Å². The van der Waals surface area contributed by atoms with Gasteiger partial charge >= 0.3 is 0 Å². The second kappa shape index (κ2) is 3.23. The molecule has 1 heterocycles. The molecule has 1 aromatic heterocycles. The van der Waals surface area contributed by atoms with Crippen molar-refractivity contribution < 1.29 is 4.79 Å². The molecule has 76 valence electrons. The van der Waals surface area contributed by atoms with Crippen LogP contribution in [0, 0.1) is 11.8 Å². The Hall–Kier alpha value is -1.12. The Morgan fingerprint density at radius 1 is 1.64 bits per heavy atom. The molecule has 0 aromatic carbocycles. The predicted octanol–water partition coefficient (Wildman–Crippen LogP) is 1.75. The Morgan fingerprint density at radius 2 is 2.36 bits per heavy atom. The van der Waals surface area contributed by atoms with Crippen LogP contribution in [0.5, 0.6) is 0 Å². The monoisotopic (exact) mass is 192 g/mol. The van der Waals surface area contributed by atoms with Crippen LogP contribution in [-0.2, 0) is 11.8 Å². The summed E-state index contributed by atoms with van der Waals surface area (Å²) < 4.78 is 1.80. The van der Waals surface area contributed by atoms with E-state index in [4.69, 9.17) is 0 Å². The van der Waals surface area contributed by atoms with Gasteiger partial charge in [0.25, 0.3) is 0 Å². The van der Waals surface area contributed by atoms with Crippen molar-refractivity contribution in [2.75, 3.05) is 0 Å². The highest BCUT2D eigenvalue weighted by Crippen LogP contribution is 2.54. The van der Waals surface area contributed by atoms with Gasteiger partial charge in [0.15, 0.2) is 0 Å². The molecule has 3 nitrogen and oxygen atoms in total. The highest BCUT2D eigenvalue weighted by Gasteiger charge is 2.51. The van der Waals surface area contributed by atoms with Crippen LogP contribution in [0.15, 0.2) is 12.4 Å². The van der Waals surface area contributed by atoms with Crippen LogP contribution in [0.3, 0.4) is 0 Å². The van der Waals surface area contributed by atoms with Crippen LogP contribution < -0.4 is 0 Å². The first-order valence-electron chi connectivity index (χ1n) is 5.16. The van der Waals surface area contributed by atoms with E-state index in [-0.39, 0.29) is 5.92 Å². The summed E-state index contributed by atoms with van der Waals surface area (Å²) in [6.07, 6.45) is 4.56. The summed E-state index contributed by atoms with van der Waals surface area (Å²) in [4.78, 5) is 11.5. The fourth-order valence-electron chi connectivity index (χ4n) is 2.32. The molecule has 1 aromatic rings. The molecular weight excluding hydrogens is 176 g/mol. The fourth-order valence-corrected chi connectivity index (χ4v) is 2.32. The van der Waals surface area contributed by atoms with Crippen molar-refractivity contribution in [3.8, 4) is 0 Å². The van der Waals surface area contributed by atoms with Gasteiger partial charge in [0.05, 0.1) is 6.20 Å². The summed E-state index contributed by atoms with van der Waals surface area (Å²) in [6.45, 7) is 4.09. The second-order valence-electron chi connectivity index (χ2n) is 4.18. The van der Waals surface area contributed by atoms with E-state index in [9.17, 15) is 4.79 Å². The average Bonchev–Trinajstić information content (AvgIpc) is 2.63. The number of nitrogens with zero attached hydrogens (tertiary/aromatic N) is 2. The number of carbonyl (C=O) groups excluding carboxylic acids is 1. The van der Waals surface area contributed by atoms with Crippen molar-refractivity contribution in [3.63, 3.8) is 0 Å². The van der Waals surface area contributed by atoms with Gasteiger partial charge in [-0.1, -0.05) is 13.8 Å². The molecule has 0 amide bonds. The van der Waals surface area contributed by atoms with E-state index >= 15 is 0 Å². The van der Waals surface area contributed by atoms with Crippen molar-refractivity contribution in [1.29, 1.82) is 0 Å². The lowest BCUT2D eigenvalue weighted by molar-refractivity contribution is -0.120. The van der Waals surface area contributed by atoms with Gasteiger partial charge in [-0.25, -0.2) is 0 Å². The van der Waals surface area contributed by atoms with E-state index in [0.29, 0.717) is 24.0 Å². The van der Waals surface area contributed by atoms with E-state index in [1.54, 1.807) is 4.68 Å². The van der Waals surface area contributed by atoms with E-state index in [1.807, 2.05) is 26.4 Å². The van der Waals surface area contributed by atoms with Crippen LogP contribution in [-0.4, -0.2) is 15.6 Å². The van der Waals surface area contributed by atoms with Crippen LogP contribution in [0.1, 0.15) is 31.7 Å². The zero-order valence-corrected chi connectivity index (χ0v) is 8.90. The van der Waals surface area contributed by atoms with Crippen LogP contribution in [0.25, 0.3) is 0 Å². The number of hydrogen-bond acceptors (Lipinski definition) is 2. The summed E-state index contributed by atoms with van der Waals surface area (Å²) in [5.41, 5.74) is 1.21. The summed E-state index contributed by atoms with van der Waals surface area (Å²) in [6, 6.07) is 0. The van der Waals surface area contributed by atoms with E-state index in [1.165, 1.54) is 5.56 Å². The first kappa shape index (κ1) is 9.44. The SMILES string of the molecule is CCC(=O)C1C(C)C1c1cnn(C)c1. The molecule has 1 fully saturated rings. The zero-order chi connectivity index (χ0) is 10.3. The largest absolute Gasteiger partial charge is 0.299 e. The lowest BCUT2D eigenvalue weighted by atomic mass is 10.1. The molecule has 0 spiro atoms. The maximum atomic E-state index is 11.5. The zero-order valence-electron chi connectivity index (χ0n) is 8.90. The average molecular weight is 192 g/mol. The first-order valence-corrected chi connectivity index (χ1v) is 5.16. The van der Waals surface area contributed by atoms with Gasteiger partial charge in [0.2, 0.25) is 0 Å². The van der Waals surface area contributed by atoms with Gasteiger partial charge in [-0.15, -0.1) is 0 Å². The molecule has 3 heteroatoms. The van der Waals surface area contributed by atoms with E-state index < -0.39 is 0 Å². The molecule has 0 bridgehead atoms. The standard InChI is InChI=1S/C11H16N2O/c1-4-9(14)11-7(2)10(11)8-5-12-13(3)6-8/h5-7,10-11H,4H2,1-3H3. The number of Topliss-reactive ketones (excluding diaryl/α,β-unsaturated/α-hetero) is 1. The Morgan fingerprint density at radius 3 is 2.86 bits per heavy atom. The third-order valence-corrected chi connectivity index (χ3v) is 3.21. The van der Waals surface area contributed by atoms with E-state index in [0.717, 1.165) is 0 Å². The molecule has 2 rings (SSSR count). The molecule has 0 radical (unpaired) electrons. The minimum atomic E-state index is 0.254. The van der Waals surface area contributed by atoms with Gasteiger partial charge < -0.3 is 0 Å². The van der Waals surface area contributed by atoms with Crippen molar-refractivity contribution in [2.45, 2.75) is 26.2 Å². The van der Waals surface area contributed by atoms with Crippen LogP contribution in [0.2, 0.25) is 0 Å². The number of hydrogen-bond donors (Lipinski definition) is 0. The summed E-state index contributed by atoms with van der Waals surface area (Å²) in [7, 11) is 1.91. The molecule has 1 aliphatic rings. The van der Waals surface area contributed by atoms with Crippen molar-refractivity contribution in [1.82, 2.24) is 9.78 Å². The highest BCUT2D eigenvalue weighted by atomic mass is 16.1. The summed E-state index contributed by atoms with van der Waals surface area (Å²) in [5.74, 6) is 1.58. The lowest BCUT2D eigenvalue weighted by Gasteiger charge is -1.92. The minimum Gasteiger partial charge on any atom is -0.299 e. The third-order valence-electron chi connectivity index (χ3n) is 3.21. The van der Waals surface area contributed by atoms with Gasteiger partial charge in [-0.05, 0) is 11.5 Å². The maximum absolute atomic E-state index is 11.5. The van der Waals surface area contributed by atoms with Gasteiger partial charge in [0, 0.05) is 31.5 Å². The topological polar surface area (TPSA) is 34.9 Å². The predicted molar refractivity (Wildman–Crippen MR) is 53.9 cm³/mol. The molecular formula is C11H16N2O. The molecule has 14 heavy (non-hydrogen) atoms. The molecule has 3 unspecified atom stereocenters. The quantitative estimate of drug-likeness (QED) is 0.731. The number of ketones is 1. The Labute approximate surface area is 84.1 Å². The first-order chi connectivity index (χ1) is 6.65. The number of carbonyl (C=O) groups is 1. The van der Waals surface area contributed by atoms with Crippen LogP contribution in [0.4, 0.5) is 0 Å². The Balaban J connectivity index is 2.12. The Bertz CT molecular complexity index is 356. The van der Waals surface area contributed by atoms with Crippen molar-refractivity contribution in [2.24, 2.45) is 18.9 Å². The number of rotatable bonds is 3. The van der Waals surface area contributed by atoms with Crippen molar-refractivity contribution >= 4 is 5.78 Å². The molecule has 1 saturated carbocycles. The van der Waals surface area contributed by atoms with Gasteiger partial charge in [0.1, 0.15) is 5.78 Å². The minimum absolute atomic E-state index is 0.254. The van der Waals surface area contributed by atoms with Crippen molar-refractivity contribution in [3.05, 3.63) is 18.0 Å². The van der Waals surface area contributed by atoms with Gasteiger partial charge in [-0.2, -0.15) is 5.10 Å². The van der Waals surface area contributed by atoms with E-state index in [2.05, 4.69) is 12.0 Å². The fraction of sp³-hybridized carbons (Fsp3) is 0.636. The summed E-state index contributed by atoms with van der Waals surface area (Å²) in [5, 5.41) is 4.14. The lowest BCUT2D eigenvalue weighted by Crippen LogP contribution is -1.99. The van der Waals surface area contributed by atoms with Gasteiger partial charge in [-0.3, -0.25) is 9.48 Å². The maximum Gasteiger partial charge on any atom is 0.136 e. The molecule has 0 N–H and O–H groups in total. The highest BCUT2D eigenvalue weighted by molar-refractivity contribution is 5.85. The Kier molecular flexibility index (Phi) is 2.17. The third kappa shape index (κ3) is 1.37. The molecule has 0 saturated heterocycles. The number of aromatic nitrogens is 2. The second-order valence-corrected chi connectivity index (χ2v) is 4.18.